The predicted molar refractivity (Wildman–Crippen MR) is 141 cm³/mol. The molecule has 0 saturated heterocycles. The first-order valence-corrected chi connectivity index (χ1v) is 12.6. The summed E-state index contributed by atoms with van der Waals surface area (Å²) in [5.41, 5.74) is 15.9. The Labute approximate surface area is 254 Å². The van der Waals surface area contributed by atoms with Crippen LogP contribution >= 0.6 is 0 Å². The molecule has 0 amide bonds. The zero-order valence-corrected chi connectivity index (χ0v) is 26.9. The van der Waals surface area contributed by atoms with Gasteiger partial charge in [-0.3, -0.25) is 0 Å². The third-order valence-corrected chi connectivity index (χ3v) is 8.53. The number of hydrogen-bond donors (Lipinski definition) is 0. The van der Waals surface area contributed by atoms with Crippen LogP contribution < -0.4 is 42.4 Å². The van der Waals surface area contributed by atoms with Crippen LogP contribution in [0.2, 0.25) is 0 Å². The molecule has 0 heterocycles. The monoisotopic (exact) mass is 586 g/mol. The summed E-state index contributed by atoms with van der Waals surface area (Å²) >= 11 is 0. The molecule has 4 aromatic rings. The number of rotatable bonds is 5. The van der Waals surface area contributed by atoms with Crippen molar-refractivity contribution in [3.63, 3.8) is 0 Å². The number of aryl methyl sites for hydroxylation is 3. The first kappa shape index (κ1) is 34.8. The summed E-state index contributed by atoms with van der Waals surface area (Å²) in [7, 11) is 0.683. The molecular weight excluding hydrogens is 555 g/mol. The molecule has 0 bridgehead atoms. The molecule has 4 rings (SSSR count). The topological polar surface area (TPSA) is 0 Å². The number of benzene rings is 3. The molecular formula is C31H33Cl3SiTi. The van der Waals surface area contributed by atoms with Crippen LogP contribution in [0.1, 0.15) is 55.6 Å². The van der Waals surface area contributed by atoms with Crippen molar-refractivity contribution in [3.8, 4) is 11.1 Å². The maximum atomic E-state index is 2.38. The summed E-state index contributed by atoms with van der Waals surface area (Å²) in [6.45, 7) is 15.9. The molecule has 0 nitrogen and oxygen atoms in total. The molecule has 0 spiro atoms. The molecule has 0 aliphatic carbocycles. The summed E-state index contributed by atoms with van der Waals surface area (Å²) in [6.07, 6.45) is 0. The van der Waals surface area contributed by atoms with Gasteiger partial charge in [0, 0.05) is 0 Å². The molecule has 0 aliphatic heterocycles. The summed E-state index contributed by atoms with van der Waals surface area (Å²) in [5, 5.41) is 1.45. The van der Waals surface area contributed by atoms with Gasteiger partial charge in [0.05, 0.1) is 9.52 Å². The summed E-state index contributed by atoms with van der Waals surface area (Å²) in [6, 6.07) is 24.8. The van der Waals surface area contributed by atoms with Crippen LogP contribution in [0.15, 0.2) is 66.7 Å². The van der Waals surface area contributed by atoms with Gasteiger partial charge >= 0.3 is 21.7 Å². The second kappa shape index (κ2) is 14.7. The average Bonchev–Trinajstić information content (AvgIpc) is 2.98. The van der Waals surface area contributed by atoms with Gasteiger partial charge in [0.2, 0.25) is 0 Å². The largest absolute Gasteiger partial charge is 4.00 e. The van der Waals surface area contributed by atoms with Crippen LogP contribution in [0.25, 0.3) is 11.1 Å². The van der Waals surface area contributed by atoms with Gasteiger partial charge in [-0.25, -0.2) is 0 Å². The van der Waals surface area contributed by atoms with Gasteiger partial charge in [0.1, 0.15) is 0 Å². The first-order valence-electron chi connectivity index (χ1n) is 11.5. The van der Waals surface area contributed by atoms with E-state index in [1.165, 1.54) is 66.4 Å². The Morgan fingerprint density at radius 2 is 1.22 bits per heavy atom. The molecule has 0 aromatic heterocycles. The summed E-state index contributed by atoms with van der Waals surface area (Å²) < 4.78 is 0. The maximum absolute atomic E-state index is 2.38. The Bertz CT molecular complexity index is 1260. The molecule has 0 saturated carbocycles. The maximum Gasteiger partial charge on any atom is 4.00 e. The molecule has 2 radical (unpaired) electrons. The molecule has 1 unspecified atom stereocenters. The second-order valence-corrected chi connectivity index (χ2v) is 10.7. The van der Waals surface area contributed by atoms with E-state index in [1.807, 2.05) is 0 Å². The van der Waals surface area contributed by atoms with Crippen molar-refractivity contribution < 1.29 is 58.9 Å². The Hall–Kier alpha value is -1.19. The molecule has 1 atom stereocenters. The minimum absolute atomic E-state index is 0. The number of halogens is 3. The van der Waals surface area contributed by atoms with E-state index in [-0.39, 0.29) is 58.9 Å². The van der Waals surface area contributed by atoms with Gasteiger partial charge in [-0.1, -0.05) is 109 Å². The molecule has 0 N–H and O–H groups in total. The predicted octanol–water partition coefficient (Wildman–Crippen LogP) is -1.64. The van der Waals surface area contributed by atoms with Crippen LogP contribution in [0.3, 0.4) is 0 Å². The standard InChI is InChI=1S/C31H33Si.3ClH.Ti/c1-19-16-20(2)18-27(17-19)32-31(28-15-11-12-21(3)22(28)4)30-25(7)23(5)24(6)29(30)26-13-9-8-10-14-26;;;;/h8-18,31H,1-7H3;3*1H;/q-1;;;;+4/p-3. The van der Waals surface area contributed by atoms with E-state index in [2.05, 4.69) is 115 Å². The minimum atomic E-state index is 0. The zero-order valence-electron chi connectivity index (χ0n) is 22.1. The van der Waals surface area contributed by atoms with Gasteiger partial charge in [0.15, 0.2) is 0 Å². The van der Waals surface area contributed by atoms with E-state index in [9.17, 15) is 0 Å². The third-order valence-electron chi connectivity index (χ3n) is 7.01. The van der Waals surface area contributed by atoms with E-state index >= 15 is 0 Å². The van der Waals surface area contributed by atoms with Gasteiger partial charge in [-0.05, 0) is 49.9 Å². The summed E-state index contributed by atoms with van der Waals surface area (Å²) in [4.78, 5) is 0. The molecule has 5 heteroatoms. The molecule has 186 valence electrons. The van der Waals surface area contributed by atoms with Crippen molar-refractivity contribution >= 4 is 14.7 Å². The van der Waals surface area contributed by atoms with Crippen LogP contribution in [0.5, 0.6) is 0 Å². The van der Waals surface area contributed by atoms with Crippen molar-refractivity contribution in [2.75, 3.05) is 0 Å². The van der Waals surface area contributed by atoms with E-state index < -0.39 is 0 Å². The Kier molecular flexibility index (Phi) is 14.2. The van der Waals surface area contributed by atoms with Crippen molar-refractivity contribution in [1.29, 1.82) is 0 Å². The fourth-order valence-electron chi connectivity index (χ4n) is 5.01. The molecule has 4 aromatic carbocycles. The number of hydrogen-bond acceptors (Lipinski definition) is 0. The van der Waals surface area contributed by atoms with Crippen molar-refractivity contribution in [2.45, 2.75) is 54.0 Å². The smallest absolute Gasteiger partial charge is 1.00 e. The fraction of sp³-hybridized carbons (Fsp3) is 0.258. The summed E-state index contributed by atoms with van der Waals surface area (Å²) in [5.74, 6) is 0. The van der Waals surface area contributed by atoms with E-state index in [4.69, 9.17) is 0 Å². The molecule has 0 fully saturated rings. The van der Waals surface area contributed by atoms with Crippen molar-refractivity contribution in [2.24, 2.45) is 0 Å². The first-order chi connectivity index (χ1) is 15.3. The fourth-order valence-corrected chi connectivity index (χ4v) is 6.94. The van der Waals surface area contributed by atoms with Gasteiger partial charge < -0.3 is 37.2 Å². The van der Waals surface area contributed by atoms with Crippen LogP contribution in [0.4, 0.5) is 0 Å². The van der Waals surface area contributed by atoms with Crippen molar-refractivity contribution in [3.05, 3.63) is 117 Å². The van der Waals surface area contributed by atoms with E-state index in [0.717, 1.165) is 0 Å². The normalized spacial score (nSPS) is 10.9. The Morgan fingerprint density at radius 3 is 1.81 bits per heavy atom. The van der Waals surface area contributed by atoms with Gasteiger partial charge in [-0.2, -0.15) is 11.1 Å². The molecule has 0 aliphatic rings. The van der Waals surface area contributed by atoms with Crippen LogP contribution in [-0.2, 0) is 21.7 Å². The Morgan fingerprint density at radius 1 is 0.639 bits per heavy atom. The molecule has 36 heavy (non-hydrogen) atoms. The van der Waals surface area contributed by atoms with E-state index in [1.54, 1.807) is 0 Å². The zero-order chi connectivity index (χ0) is 23.0. The van der Waals surface area contributed by atoms with Gasteiger partial charge in [0.25, 0.3) is 0 Å². The van der Waals surface area contributed by atoms with Crippen molar-refractivity contribution in [1.82, 2.24) is 0 Å². The average molecular weight is 588 g/mol. The van der Waals surface area contributed by atoms with Crippen LogP contribution in [0, 0.1) is 48.5 Å². The van der Waals surface area contributed by atoms with E-state index in [0.29, 0.717) is 15.1 Å². The second-order valence-electron chi connectivity index (χ2n) is 9.27. The van der Waals surface area contributed by atoms with Crippen LogP contribution in [-0.4, -0.2) is 9.52 Å². The van der Waals surface area contributed by atoms with Gasteiger partial charge in [-0.15, -0.1) is 16.7 Å². The minimum Gasteiger partial charge on any atom is -1.00 e. The SMILES string of the molecule is Cc1cc(C)cc([Si]C(c2cccc(C)c2C)[c-]2c(C)c(C)c(C)c2-c2ccccc2)c1.[Cl-].[Cl-].[Cl-].[Ti+4]. The quantitative estimate of drug-likeness (QED) is 0.194. The Balaban J connectivity index is 0.00000306. The third kappa shape index (κ3) is 7.01.